The van der Waals surface area contributed by atoms with Gasteiger partial charge in [-0.3, -0.25) is 0 Å². The van der Waals surface area contributed by atoms with Crippen molar-refractivity contribution in [1.29, 1.82) is 0 Å². The zero-order valence-electron chi connectivity index (χ0n) is 14.5. The molecule has 0 aromatic heterocycles. The first-order valence-corrected chi connectivity index (χ1v) is 10.0. The van der Waals surface area contributed by atoms with Gasteiger partial charge in [0.15, 0.2) is 0 Å². The molecular formula is C20H39N. The van der Waals surface area contributed by atoms with E-state index >= 15 is 0 Å². The Bertz CT molecular complexity index is 275. The summed E-state index contributed by atoms with van der Waals surface area (Å²) in [5.74, 6) is 2.03. The van der Waals surface area contributed by atoms with Gasteiger partial charge in [-0.2, -0.15) is 0 Å². The quantitative estimate of drug-likeness (QED) is 0.435. The molecule has 2 aliphatic carbocycles. The van der Waals surface area contributed by atoms with Crippen LogP contribution in [0, 0.1) is 17.3 Å². The standard InChI is InChI=1S/C20H39N/c1-2-3-4-5-6-7-8-9-10-11-14-20(17-21)16-18-12-13-19(20)15-18/h18-19H,2-17,21H2,1H3. The van der Waals surface area contributed by atoms with Crippen LogP contribution in [-0.2, 0) is 0 Å². The van der Waals surface area contributed by atoms with Gasteiger partial charge in [0.1, 0.15) is 0 Å². The third kappa shape index (κ3) is 4.98. The van der Waals surface area contributed by atoms with Crippen molar-refractivity contribution >= 4 is 0 Å². The fourth-order valence-electron chi connectivity index (χ4n) is 5.18. The monoisotopic (exact) mass is 293 g/mol. The lowest BCUT2D eigenvalue weighted by Crippen LogP contribution is -2.35. The highest BCUT2D eigenvalue weighted by Gasteiger charge is 2.49. The molecule has 0 heterocycles. The largest absolute Gasteiger partial charge is 0.330 e. The summed E-state index contributed by atoms with van der Waals surface area (Å²) in [6.07, 6.45) is 21.9. The molecule has 2 rings (SSSR count). The Morgan fingerprint density at radius 1 is 0.857 bits per heavy atom. The van der Waals surface area contributed by atoms with Crippen LogP contribution in [0.1, 0.15) is 103 Å². The van der Waals surface area contributed by atoms with Gasteiger partial charge in [0.05, 0.1) is 0 Å². The first-order valence-electron chi connectivity index (χ1n) is 10.0. The van der Waals surface area contributed by atoms with E-state index in [1.54, 1.807) is 0 Å². The maximum absolute atomic E-state index is 6.18. The van der Waals surface area contributed by atoms with Crippen molar-refractivity contribution in [3.63, 3.8) is 0 Å². The van der Waals surface area contributed by atoms with Crippen LogP contribution in [0.15, 0.2) is 0 Å². The second-order valence-corrected chi connectivity index (χ2v) is 8.08. The second-order valence-electron chi connectivity index (χ2n) is 8.08. The normalized spacial score (nSPS) is 31.1. The average Bonchev–Trinajstić information content (AvgIpc) is 3.10. The summed E-state index contributed by atoms with van der Waals surface area (Å²) in [6, 6.07) is 0. The van der Waals surface area contributed by atoms with Gasteiger partial charge in [-0.25, -0.2) is 0 Å². The molecule has 21 heavy (non-hydrogen) atoms. The summed E-state index contributed by atoms with van der Waals surface area (Å²) in [5, 5.41) is 0. The molecule has 2 saturated carbocycles. The van der Waals surface area contributed by atoms with E-state index in [1.807, 2.05) is 0 Å². The van der Waals surface area contributed by atoms with Gasteiger partial charge in [0.2, 0.25) is 0 Å². The molecule has 3 atom stereocenters. The fraction of sp³-hybridized carbons (Fsp3) is 1.00. The Hall–Kier alpha value is -0.0400. The maximum Gasteiger partial charge on any atom is -0.00178 e. The first kappa shape index (κ1) is 17.3. The molecule has 0 amide bonds. The summed E-state index contributed by atoms with van der Waals surface area (Å²) in [4.78, 5) is 0. The Balaban J connectivity index is 1.46. The van der Waals surface area contributed by atoms with Crippen LogP contribution in [0.3, 0.4) is 0 Å². The maximum atomic E-state index is 6.18. The summed E-state index contributed by atoms with van der Waals surface area (Å²) < 4.78 is 0. The predicted molar refractivity (Wildman–Crippen MR) is 93.4 cm³/mol. The summed E-state index contributed by atoms with van der Waals surface area (Å²) in [7, 11) is 0. The zero-order valence-corrected chi connectivity index (χ0v) is 14.5. The van der Waals surface area contributed by atoms with Crippen LogP contribution in [0.25, 0.3) is 0 Å². The molecule has 3 unspecified atom stereocenters. The van der Waals surface area contributed by atoms with E-state index in [4.69, 9.17) is 5.73 Å². The van der Waals surface area contributed by atoms with Crippen LogP contribution >= 0.6 is 0 Å². The van der Waals surface area contributed by atoms with E-state index in [9.17, 15) is 0 Å². The van der Waals surface area contributed by atoms with Crippen molar-refractivity contribution in [3.05, 3.63) is 0 Å². The zero-order chi connectivity index (χ0) is 15.0. The Labute approximate surface area is 133 Å². The molecule has 0 spiro atoms. The summed E-state index contributed by atoms with van der Waals surface area (Å²) in [6.45, 7) is 3.26. The number of nitrogens with two attached hydrogens (primary N) is 1. The minimum absolute atomic E-state index is 0.572. The van der Waals surface area contributed by atoms with Gasteiger partial charge in [0.25, 0.3) is 0 Å². The topological polar surface area (TPSA) is 26.0 Å². The number of unbranched alkanes of at least 4 members (excludes halogenated alkanes) is 9. The van der Waals surface area contributed by atoms with Crippen molar-refractivity contribution in [1.82, 2.24) is 0 Å². The minimum atomic E-state index is 0.572. The van der Waals surface area contributed by atoms with Crippen molar-refractivity contribution in [2.24, 2.45) is 23.0 Å². The third-order valence-corrected chi connectivity index (χ3v) is 6.54. The highest BCUT2D eigenvalue weighted by molar-refractivity contribution is 5.00. The van der Waals surface area contributed by atoms with Crippen LogP contribution in [-0.4, -0.2) is 6.54 Å². The van der Waals surface area contributed by atoms with Crippen molar-refractivity contribution in [3.8, 4) is 0 Å². The van der Waals surface area contributed by atoms with E-state index in [0.29, 0.717) is 5.41 Å². The van der Waals surface area contributed by atoms with Gasteiger partial charge < -0.3 is 5.73 Å². The van der Waals surface area contributed by atoms with Crippen LogP contribution in [0.2, 0.25) is 0 Å². The van der Waals surface area contributed by atoms with Gasteiger partial charge in [0, 0.05) is 0 Å². The van der Waals surface area contributed by atoms with Crippen molar-refractivity contribution in [2.75, 3.05) is 6.54 Å². The van der Waals surface area contributed by atoms with Gasteiger partial charge in [-0.15, -0.1) is 0 Å². The van der Waals surface area contributed by atoms with E-state index in [0.717, 1.165) is 18.4 Å². The molecule has 124 valence electrons. The third-order valence-electron chi connectivity index (χ3n) is 6.54. The molecule has 0 aliphatic heterocycles. The lowest BCUT2D eigenvalue weighted by atomic mass is 9.70. The molecule has 0 aromatic carbocycles. The van der Waals surface area contributed by atoms with Crippen molar-refractivity contribution < 1.29 is 0 Å². The number of rotatable bonds is 12. The van der Waals surface area contributed by atoms with E-state index in [2.05, 4.69) is 6.92 Å². The molecule has 1 heteroatoms. The molecule has 0 radical (unpaired) electrons. The van der Waals surface area contributed by atoms with Crippen molar-refractivity contribution in [2.45, 2.75) is 103 Å². The Morgan fingerprint density at radius 3 is 1.95 bits per heavy atom. The first-order chi connectivity index (χ1) is 10.3. The van der Waals surface area contributed by atoms with E-state index in [1.165, 1.54) is 96.3 Å². The summed E-state index contributed by atoms with van der Waals surface area (Å²) >= 11 is 0. The predicted octanol–water partition coefficient (Wildman–Crippen LogP) is 6.06. The lowest BCUT2D eigenvalue weighted by molar-refractivity contribution is 0.152. The SMILES string of the molecule is CCCCCCCCCCCCC1(CN)CC2CCC1C2. The fourth-order valence-corrected chi connectivity index (χ4v) is 5.18. The van der Waals surface area contributed by atoms with E-state index in [-0.39, 0.29) is 0 Å². The molecule has 2 N–H and O–H groups in total. The Kier molecular flexibility index (Phi) is 7.57. The molecule has 0 saturated heterocycles. The second kappa shape index (κ2) is 9.18. The highest BCUT2D eigenvalue weighted by atomic mass is 14.7. The number of hydrogen-bond acceptors (Lipinski definition) is 1. The Morgan fingerprint density at radius 2 is 1.48 bits per heavy atom. The number of hydrogen-bond donors (Lipinski definition) is 1. The van der Waals surface area contributed by atoms with Gasteiger partial charge in [-0.05, 0) is 49.5 Å². The van der Waals surface area contributed by atoms with Gasteiger partial charge in [-0.1, -0.05) is 77.6 Å². The van der Waals surface area contributed by atoms with Crippen LogP contribution in [0.4, 0.5) is 0 Å². The minimum Gasteiger partial charge on any atom is -0.330 e. The van der Waals surface area contributed by atoms with Crippen LogP contribution in [0.5, 0.6) is 0 Å². The van der Waals surface area contributed by atoms with Gasteiger partial charge >= 0.3 is 0 Å². The smallest absolute Gasteiger partial charge is 0.00178 e. The molecule has 1 nitrogen and oxygen atoms in total. The molecule has 2 bridgehead atoms. The molecule has 2 aliphatic rings. The molecule has 2 fully saturated rings. The van der Waals surface area contributed by atoms with Crippen LogP contribution < -0.4 is 5.73 Å². The number of fused-ring (bicyclic) bond motifs is 2. The average molecular weight is 294 g/mol. The van der Waals surface area contributed by atoms with E-state index < -0.39 is 0 Å². The lowest BCUT2D eigenvalue weighted by Gasteiger charge is -2.37. The molecule has 0 aromatic rings. The molecular weight excluding hydrogens is 254 g/mol. The summed E-state index contributed by atoms with van der Waals surface area (Å²) in [5.41, 5.74) is 6.75. The highest BCUT2D eigenvalue weighted by Crippen LogP contribution is 2.57.